The van der Waals surface area contributed by atoms with E-state index >= 15 is 0 Å². The lowest BCUT2D eigenvalue weighted by atomic mass is 9.78. The fourth-order valence-electron chi connectivity index (χ4n) is 2.41. The zero-order valence-electron chi connectivity index (χ0n) is 10.7. The van der Waals surface area contributed by atoms with Gasteiger partial charge in [0.05, 0.1) is 12.7 Å². The van der Waals surface area contributed by atoms with Gasteiger partial charge in [0.2, 0.25) is 0 Å². The minimum atomic E-state index is -0.512. The number of hydrogen-bond acceptors (Lipinski definition) is 3. The molecular formula is C14H21NO2. The van der Waals surface area contributed by atoms with Crippen LogP contribution in [0.5, 0.6) is 0 Å². The van der Waals surface area contributed by atoms with Gasteiger partial charge in [0, 0.05) is 12.0 Å². The van der Waals surface area contributed by atoms with Crippen LogP contribution in [0, 0.1) is 5.41 Å². The summed E-state index contributed by atoms with van der Waals surface area (Å²) < 4.78 is 6.09. The van der Waals surface area contributed by atoms with Crippen LogP contribution in [0.25, 0.3) is 0 Å². The average Bonchev–Trinajstić information content (AvgIpc) is 2.75. The van der Waals surface area contributed by atoms with E-state index in [0.29, 0.717) is 6.54 Å². The highest BCUT2D eigenvalue weighted by atomic mass is 16.5. The molecule has 1 aromatic rings. The Kier molecular flexibility index (Phi) is 3.25. The third-order valence-electron chi connectivity index (χ3n) is 3.36. The maximum absolute atomic E-state index is 9.25. The minimum Gasteiger partial charge on any atom is -0.394 e. The predicted octanol–water partition coefficient (Wildman–Crippen LogP) is 1.87. The molecule has 1 heterocycles. The quantitative estimate of drug-likeness (QED) is 0.822. The van der Waals surface area contributed by atoms with Crippen LogP contribution in [0.2, 0.25) is 0 Å². The van der Waals surface area contributed by atoms with Crippen LogP contribution in [-0.4, -0.2) is 24.4 Å². The first kappa shape index (κ1) is 12.6. The molecule has 0 saturated carbocycles. The number of aliphatic hydroxyl groups excluding tert-OH is 1. The average molecular weight is 235 g/mol. The summed E-state index contributed by atoms with van der Waals surface area (Å²) in [6.07, 6.45) is -0.130. The molecule has 1 aromatic carbocycles. The minimum absolute atomic E-state index is 0.0532. The van der Waals surface area contributed by atoms with Gasteiger partial charge >= 0.3 is 0 Å². The van der Waals surface area contributed by atoms with E-state index < -0.39 is 5.72 Å². The Balaban J connectivity index is 2.40. The summed E-state index contributed by atoms with van der Waals surface area (Å²) in [6.45, 7) is 7.17. The van der Waals surface area contributed by atoms with Crippen LogP contribution in [0.15, 0.2) is 30.3 Å². The van der Waals surface area contributed by atoms with Crippen molar-refractivity contribution in [2.45, 2.75) is 32.6 Å². The van der Waals surface area contributed by atoms with Crippen LogP contribution >= 0.6 is 0 Å². The molecule has 0 aliphatic carbocycles. The molecule has 2 N–H and O–H groups in total. The fraction of sp³-hybridized carbons (Fsp3) is 0.571. The fourth-order valence-corrected chi connectivity index (χ4v) is 2.41. The molecule has 1 unspecified atom stereocenters. The second-order valence-electron chi connectivity index (χ2n) is 5.60. The first-order valence-corrected chi connectivity index (χ1v) is 6.09. The number of benzene rings is 1. The second-order valence-corrected chi connectivity index (χ2v) is 5.60. The van der Waals surface area contributed by atoms with Crippen molar-refractivity contribution in [3.05, 3.63) is 35.9 Å². The molecular weight excluding hydrogens is 214 g/mol. The summed E-state index contributed by atoms with van der Waals surface area (Å²) >= 11 is 0. The molecule has 1 saturated heterocycles. The van der Waals surface area contributed by atoms with Crippen LogP contribution in [0.4, 0.5) is 0 Å². The molecule has 0 radical (unpaired) electrons. The number of aliphatic hydroxyl groups is 1. The molecule has 2 atom stereocenters. The summed E-state index contributed by atoms with van der Waals surface area (Å²) in [5.74, 6) is 0. The number of ether oxygens (including phenoxy) is 1. The first-order chi connectivity index (χ1) is 7.99. The Hall–Kier alpha value is -0.900. The molecule has 1 aliphatic rings. The van der Waals surface area contributed by atoms with Crippen LogP contribution in [-0.2, 0) is 10.5 Å². The van der Waals surface area contributed by atoms with Gasteiger partial charge in [-0.25, -0.2) is 0 Å². The first-order valence-electron chi connectivity index (χ1n) is 6.09. The molecule has 2 rings (SSSR count). The molecule has 0 aromatic heterocycles. The van der Waals surface area contributed by atoms with E-state index in [1.165, 1.54) is 0 Å². The summed E-state index contributed by atoms with van der Waals surface area (Å²) in [4.78, 5) is 0. The molecule has 0 amide bonds. The smallest absolute Gasteiger partial charge is 0.150 e. The van der Waals surface area contributed by atoms with Gasteiger partial charge in [-0.2, -0.15) is 0 Å². The largest absolute Gasteiger partial charge is 0.394 e. The van der Waals surface area contributed by atoms with Gasteiger partial charge in [-0.1, -0.05) is 51.1 Å². The maximum Gasteiger partial charge on any atom is 0.150 e. The zero-order chi connectivity index (χ0) is 12.5. The Morgan fingerprint density at radius 3 is 2.47 bits per heavy atom. The molecule has 94 valence electrons. The van der Waals surface area contributed by atoms with Crippen molar-refractivity contribution in [3.63, 3.8) is 0 Å². The third-order valence-corrected chi connectivity index (χ3v) is 3.36. The maximum atomic E-state index is 9.25. The third kappa shape index (κ3) is 2.10. The van der Waals surface area contributed by atoms with Crippen molar-refractivity contribution < 1.29 is 9.84 Å². The van der Waals surface area contributed by atoms with Crippen molar-refractivity contribution >= 4 is 0 Å². The highest BCUT2D eigenvalue weighted by molar-refractivity contribution is 5.25. The van der Waals surface area contributed by atoms with E-state index in [-0.39, 0.29) is 18.1 Å². The Morgan fingerprint density at radius 1 is 1.35 bits per heavy atom. The van der Waals surface area contributed by atoms with E-state index in [9.17, 15) is 5.11 Å². The second kappa shape index (κ2) is 4.41. The summed E-state index contributed by atoms with van der Waals surface area (Å²) in [7, 11) is 0. The van der Waals surface area contributed by atoms with Gasteiger partial charge in [0.15, 0.2) is 5.72 Å². The van der Waals surface area contributed by atoms with Gasteiger partial charge in [-0.15, -0.1) is 0 Å². The van der Waals surface area contributed by atoms with E-state index in [2.05, 4.69) is 38.2 Å². The van der Waals surface area contributed by atoms with E-state index in [4.69, 9.17) is 4.74 Å². The van der Waals surface area contributed by atoms with Crippen molar-refractivity contribution in [1.82, 2.24) is 5.32 Å². The lowest BCUT2D eigenvalue weighted by Crippen LogP contribution is -2.49. The van der Waals surface area contributed by atoms with Gasteiger partial charge in [-0.05, 0) is 5.56 Å². The summed E-state index contributed by atoms with van der Waals surface area (Å²) in [5, 5.41) is 12.7. The van der Waals surface area contributed by atoms with Gasteiger partial charge in [0.25, 0.3) is 0 Å². The van der Waals surface area contributed by atoms with Gasteiger partial charge in [-0.3, -0.25) is 5.32 Å². The molecule has 0 spiro atoms. The lowest BCUT2D eigenvalue weighted by Gasteiger charge is -2.41. The molecule has 1 fully saturated rings. The summed E-state index contributed by atoms with van der Waals surface area (Å²) in [6, 6.07) is 10.2. The van der Waals surface area contributed by atoms with Gasteiger partial charge < -0.3 is 9.84 Å². The SMILES string of the molecule is CC(C)(C)[C@]1(c2ccccc2)NCC(CO)O1. The number of nitrogens with one attached hydrogen (secondary N) is 1. The van der Waals surface area contributed by atoms with Crippen molar-refractivity contribution in [1.29, 1.82) is 0 Å². The van der Waals surface area contributed by atoms with Crippen LogP contribution in [0.3, 0.4) is 0 Å². The topological polar surface area (TPSA) is 41.5 Å². The predicted molar refractivity (Wildman–Crippen MR) is 67.5 cm³/mol. The van der Waals surface area contributed by atoms with Gasteiger partial charge in [0.1, 0.15) is 0 Å². The normalized spacial score (nSPS) is 29.5. The van der Waals surface area contributed by atoms with Crippen LogP contribution < -0.4 is 5.32 Å². The highest BCUT2D eigenvalue weighted by Gasteiger charge is 2.49. The lowest BCUT2D eigenvalue weighted by molar-refractivity contribution is -0.135. The molecule has 3 heteroatoms. The van der Waals surface area contributed by atoms with Crippen molar-refractivity contribution in [3.8, 4) is 0 Å². The standard InChI is InChI=1S/C14H21NO2/c1-13(2,3)14(11-7-5-4-6-8-11)15-9-12(10-16)17-14/h4-8,12,15-16H,9-10H2,1-3H3/t12?,14-/m1/s1. The number of rotatable bonds is 2. The van der Waals surface area contributed by atoms with E-state index in [1.54, 1.807) is 0 Å². The van der Waals surface area contributed by atoms with Crippen molar-refractivity contribution in [2.24, 2.45) is 5.41 Å². The molecule has 17 heavy (non-hydrogen) atoms. The van der Waals surface area contributed by atoms with Crippen molar-refractivity contribution in [2.75, 3.05) is 13.2 Å². The Bertz CT molecular complexity index is 372. The Labute approximate surface area is 103 Å². The van der Waals surface area contributed by atoms with E-state index in [1.807, 2.05) is 18.2 Å². The molecule has 3 nitrogen and oxygen atoms in total. The zero-order valence-corrected chi connectivity index (χ0v) is 10.7. The molecule has 1 aliphatic heterocycles. The van der Waals surface area contributed by atoms with E-state index in [0.717, 1.165) is 5.56 Å². The molecule has 0 bridgehead atoms. The number of hydrogen-bond donors (Lipinski definition) is 2. The monoisotopic (exact) mass is 235 g/mol. The summed E-state index contributed by atoms with van der Waals surface area (Å²) in [5.41, 5.74) is 0.517. The Morgan fingerprint density at radius 2 is 2.00 bits per heavy atom. The highest BCUT2D eigenvalue weighted by Crippen LogP contribution is 2.43. The van der Waals surface area contributed by atoms with Crippen LogP contribution in [0.1, 0.15) is 26.3 Å².